The number of pyridine rings is 2. The van der Waals surface area contributed by atoms with Gasteiger partial charge in [0.2, 0.25) is 5.95 Å². The highest BCUT2D eigenvalue weighted by molar-refractivity contribution is 6.34. The van der Waals surface area contributed by atoms with E-state index in [4.69, 9.17) is 11.6 Å². The second kappa shape index (κ2) is 10.4. The molecule has 166 valence electrons. The van der Waals surface area contributed by atoms with E-state index in [9.17, 15) is 14.0 Å². The number of nitrogens with one attached hydrogen (secondary N) is 3. The van der Waals surface area contributed by atoms with Crippen LogP contribution in [0.1, 0.15) is 23.0 Å². The van der Waals surface area contributed by atoms with Crippen molar-refractivity contribution < 1.29 is 14.0 Å². The van der Waals surface area contributed by atoms with E-state index in [1.165, 1.54) is 13.1 Å². The number of hydrogen-bond donors (Lipinski definition) is 3. The van der Waals surface area contributed by atoms with Crippen molar-refractivity contribution in [2.75, 3.05) is 50.0 Å². The molecule has 9 nitrogen and oxygen atoms in total. The lowest BCUT2D eigenvalue weighted by Gasteiger charge is -2.36. The summed E-state index contributed by atoms with van der Waals surface area (Å²) in [7, 11) is 1.48. The van der Waals surface area contributed by atoms with E-state index in [0.717, 1.165) is 5.56 Å². The summed E-state index contributed by atoms with van der Waals surface area (Å²) in [6, 6.07) is 4.56. The molecule has 0 radical (unpaired) electrons. The fourth-order valence-electron chi connectivity index (χ4n) is 3.31. The highest BCUT2D eigenvalue weighted by atomic mass is 35.5. The summed E-state index contributed by atoms with van der Waals surface area (Å²) in [6.07, 6.45) is 1.61. The molecule has 3 amide bonds. The van der Waals surface area contributed by atoms with Gasteiger partial charge in [0.05, 0.1) is 10.7 Å². The zero-order valence-corrected chi connectivity index (χ0v) is 18.2. The molecule has 1 fully saturated rings. The maximum absolute atomic E-state index is 14.4. The van der Waals surface area contributed by atoms with E-state index < -0.39 is 11.9 Å². The van der Waals surface area contributed by atoms with Gasteiger partial charge in [0.15, 0.2) is 5.82 Å². The minimum absolute atomic E-state index is 0.0479. The van der Waals surface area contributed by atoms with Gasteiger partial charge in [0.25, 0.3) is 5.91 Å². The molecule has 0 bridgehead atoms. The molecule has 0 aliphatic carbocycles. The highest BCUT2D eigenvalue weighted by Crippen LogP contribution is 2.26. The van der Waals surface area contributed by atoms with Gasteiger partial charge in [-0.25, -0.2) is 14.8 Å². The van der Waals surface area contributed by atoms with Crippen molar-refractivity contribution in [1.29, 1.82) is 0 Å². The van der Waals surface area contributed by atoms with Crippen molar-refractivity contribution in [1.82, 2.24) is 25.5 Å². The highest BCUT2D eigenvalue weighted by Gasteiger charge is 2.22. The molecule has 1 aliphatic rings. The van der Waals surface area contributed by atoms with Gasteiger partial charge in [-0.2, -0.15) is 4.39 Å². The monoisotopic (exact) mass is 449 g/mol. The molecule has 11 heteroatoms. The number of carbonyl (C=O) groups excluding carboxylic acids is 2. The predicted molar refractivity (Wildman–Crippen MR) is 117 cm³/mol. The Morgan fingerprint density at radius 1 is 1.19 bits per heavy atom. The van der Waals surface area contributed by atoms with Crippen molar-refractivity contribution in [2.24, 2.45) is 0 Å². The molecule has 0 aromatic carbocycles. The van der Waals surface area contributed by atoms with Crippen molar-refractivity contribution in [2.45, 2.75) is 13.5 Å². The predicted octanol–water partition coefficient (Wildman–Crippen LogP) is 2.09. The summed E-state index contributed by atoms with van der Waals surface area (Å²) in [5, 5.41) is 8.11. The molecular weight excluding hydrogens is 425 g/mol. The fourth-order valence-corrected chi connectivity index (χ4v) is 3.53. The van der Waals surface area contributed by atoms with Gasteiger partial charge in [-0.1, -0.05) is 11.6 Å². The van der Waals surface area contributed by atoms with Crippen LogP contribution in [0.25, 0.3) is 0 Å². The molecule has 3 heterocycles. The van der Waals surface area contributed by atoms with Crippen LogP contribution >= 0.6 is 11.6 Å². The number of nitrogens with zero attached hydrogens (tertiary/aromatic N) is 4. The molecule has 0 saturated carbocycles. The molecule has 1 aliphatic heterocycles. The largest absolute Gasteiger partial charge is 0.365 e. The first-order valence-corrected chi connectivity index (χ1v) is 10.3. The maximum atomic E-state index is 14.4. The van der Waals surface area contributed by atoms with Crippen LogP contribution in [-0.2, 0) is 6.54 Å². The second-order valence-corrected chi connectivity index (χ2v) is 7.34. The van der Waals surface area contributed by atoms with E-state index >= 15 is 0 Å². The van der Waals surface area contributed by atoms with Gasteiger partial charge in [-0.05, 0) is 30.7 Å². The van der Waals surface area contributed by atoms with E-state index in [0.29, 0.717) is 55.8 Å². The molecule has 3 N–H and O–H groups in total. The molecule has 0 unspecified atom stereocenters. The second-order valence-electron chi connectivity index (χ2n) is 6.97. The molecule has 2 aromatic heterocycles. The lowest BCUT2D eigenvalue weighted by atomic mass is 10.2. The standard InChI is InChI=1S/C20H25ClFN7O2/c1-3-24-20(31)27-18-16(21)13(6-7-25-18)12-28-8-10-29(11-9-28)15-5-4-14(19(30)23-2)26-17(15)22/h4-7H,3,8-12H2,1-2H3,(H,23,30)(H2,24,25,27,31). The third-order valence-corrected chi connectivity index (χ3v) is 5.36. The van der Waals surface area contributed by atoms with Gasteiger partial charge in [0.1, 0.15) is 5.69 Å². The summed E-state index contributed by atoms with van der Waals surface area (Å²) in [4.78, 5) is 35.4. The lowest BCUT2D eigenvalue weighted by Crippen LogP contribution is -2.46. The van der Waals surface area contributed by atoms with Crippen LogP contribution < -0.4 is 20.9 Å². The molecular formula is C20H25ClFN7O2. The van der Waals surface area contributed by atoms with E-state index in [1.807, 2.05) is 17.9 Å². The quantitative estimate of drug-likeness (QED) is 0.584. The Bertz CT molecular complexity index is 951. The number of anilines is 2. The van der Waals surface area contributed by atoms with Gasteiger partial charge in [-0.15, -0.1) is 0 Å². The van der Waals surface area contributed by atoms with Crippen molar-refractivity contribution in [3.05, 3.63) is 46.6 Å². The number of urea groups is 1. The Balaban J connectivity index is 1.61. The summed E-state index contributed by atoms with van der Waals surface area (Å²) in [6.45, 7) is 5.48. The van der Waals surface area contributed by atoms with Gasteiger partial charge < -0.3 is 15.5 Å². The van der Waals surface area contributed by atoms with E-state index in [1.54, 1.807) is 12.3 Å². The molecule has 1 saturated heterocycles. The summed E-state index contributed by atoms with van der Waals surface area (Å²) in [5.41, 5.74) is 1.27. The number of piperazine rings is 1. The van der Waals surface area contributed by atoms with Crippen molar-refractivity contribution >= 4 is 35.0 Å². The molecule has 0 spiro atoms. The molecule has 0 atom stereocenters. The van der Waals surface area contributed by atoms with Crippen LogP contribution in [0.15, 0.2) is 24.4 Å². The Labute approximate surface area is 185 Å². The topological polar surface area (TPSA) is 102 Å². The van der Waals surface area contributed by atoms with E-state index in [2.05, 4.69) is 30.8 Å². The lowest BCUT2D eigenvalue weighted by molar-refractivity contribution is 0.0957. The van der Waals surface area contributed by atoms with Crippen LogP contribution in [0.2, 0.25) is 5.02 Å². The zero-order valence-electron chi connectivity index (χ0n) is 17.4. The summed E-state index contributed by atoms with van der Waals surface area (Å²) < 4.78 is 14.4. The number of hydrogen-bond acceptors (Lipinski definition) is 6. The number of amides is 3. The number of halogens is 2. The fraction of sp³-hybridized carbons (Fsp3) is 0.400. The minimum atomic E-state index is -0.659. The normalized spacial score (nSPS) is 14.3. The Morgan fingerprint density at radius 2 is 1.94 bits per heavy atom. The first kappa shape index (κ1) is 22.7. The number of aromatic nitrogens is 2. The van der Waals surface area contributed by atoms with Crippen LogP contribution in [0.5, 0.6) is 0 Å². The summed E-state index contributed by atoms with van der Waals surface area (Å²) >= 11 is 6.44. The van der Waals surface area contributed by atoms with Gasteiger partial charge >= 0.3 is 6.03 Å². The SMILES string of the molecule is CCNC(=O)Nc1nccc(CN2CCN(c3ccc(C(=O)NC)nc3F)CC2)c1Cl. The molecule has 31 heavy (non-hydrogen) atoms. The van der Waals surface area contributed by atoms with Crippen LogP contribution in [-0.4, -0.2) is 66.6 Å². The van der Waals surface area contributed by atoms with Crippen LogP contribution in [0.3, 0.4) is 0 Å². The smallest absolute Gasteiger partial charge is 0.320 e. The minimum Gasteiger partial charge on any atom is -0.365 e. The maximum Gasteiger partial charge on any atom is 0.320 e. The Kier molecular flexibility index (Phi) is 7.59. The van der Waals surface area contributed by atoms with Gasteiger partial charge in [0, 0.05) is 52.5 Å². The number of carbonyl (C=O) groups is 2. The number of rotatable bonds is 6. The van der Waals surface area contributed by atoms with Crippen LogP contribution in [0, 0.1) is 5.95 Å². The van der Waals surface area contributed by atoms with Crippen LogP contribution in [0.4, 0.5) is 20.7 Å². The van der Waals surface area contributed by atoms with Crippen molar-refractivity contribution in [3.8, 4) is 0 Å². The first-order chi connectivity index (χ1) is 14.9. The first-order valence-electron chi connectivity index (χ1n) is 9.97. The third kappa shape index (κ3) is 5.59. The third-order valence-electron chi connectivity index (χ3n) is 4.93. The zero-order chi connectivity index (χ0) is 22.4. The van der Waals surface area contributed by atoms with Crippen molar-refractivity contribution in [3.63, 3.8) is 0 Å². The Hall–Kier alpha value is -2.98. The molecule has 3 rings (SSSR count). The molecule has 2 aromatic rings. The Morgan fingerprint density at radius 3 is 2.58 bits per heavy atom. The van der Waals surface area contributed by atoms with Gasteiger partial charge in [-0.3, -0.25) is 15.0 Å². The summed E-state index contributed by atoms with van der Waals surface area (Å²) in [5.74, 6) is -0.772. The average molecular weight is 450 g/mol. The average Bonchev–Trinajstić information content (AvgIpc) is 2.76. The van der Waals surface area contributed by atoms with E-state index in [-0.39, 0.29) is 11.7 Å².